The summed E-state index contributed by atoms with van der Waals surface area (Å²) in [5.74, 6) is -0.985. The summed E-state index contributed by atoms with van der Waals surface area (Å²) in [6.45, 7) is 1.49. The topological polar surface area (TPSA) is 135 Å². The first-order chi connectivity index (χ1) is 12.9. The molecule has 1 aromatic heterocycles. The zero-order valence-electron chi connectivity index (χ0n) is 14.0. The normalized spacial score (nSPS) is 11.4. The predicted molar refractivity (Wildman–Crippen MR) is 96.9 cm³/mol. The number of hydrazone groups is 1. The lowest BCUT2D eigenvalue weighted by atomic mass is 10.1. The van der Waals surface area contributed by atoms with Crippen LogP contribution in [0, 0.1) is 10.1 Å². The molecule has 0 bridgehead atoms. The fourth-order valence-electron chi connectivity index (χ4n) is 2.55. The fourth-order valence-corrected chi connectivity index (χ4v) is 2.55. The van der Waals surface area contributed by atoms with Gasteiger partial charge in [0, 0.05) is 17.5 Å². The Hall–Kier alpha value is -4.01. The maximum atomic E-state index is 12.2. The second-order valence-corrected chi connectivity index (χ2v) is 5.54. The second kappa shape index (κ2) is 7.08. The number of carbonyl (C=O) groups is 1. The van der Waals surface area contributed by atoms with Gasteiger partial charge < -0.3 is 9.52 Å². The van der Waals surface area contributed by atoms with Gasteiger partial charge in [-0.25, -0.2) is 10.2 Å². The molecule has 0 saturated heterocycles. The molecule has 0 atom stereocenters. The third kappa shape index (κ3) is 3.52. The van der Waals surface area contributed by atoms with Crippen LogP contribution in [0.1, 0.15) is 22.8 Å². The van der Waals surface area contributed by atoms with Crippen molar-refractivity contribution in [3.63, 3.8) is 0 Å². The molecule has 136 valence electrons. The van der Waals surface area contributed by atoms with Gasteiger partial charge in [-0.1, -0.05) is 12.1 Å². The first kappa shape index (κ1) is 17.8. The lowest BCUT2D eigenvalue weighted by molar-refractivity contribution is -0.385. The van der Waals surface area contributed by atoms with Crippen molar-refractivity contribution in [1.29, 1.82) is 0 Å². The summed E-state index contributed by atoms with van der Waals surface area (Å²) in [7, 11) is 0. The molecule has 0 radical (unpaired) electrons. The average molecular weight is 367 g/mol. The zero-order valence-corrected chi connectivity index (χ0v) is 14.0. The number of phenols is 1. The first-order valence-corrected chi connectivity index (χ1v) is 7.72. The van der Waals surface area contributed by atoms with E-state index in [1.807, 2.05) is 0 Å². The lowest BCUT2D eigenvalue weighted by Crippen LogP contribution is -2.20. The minimum atomic E-state index is -0.789. The number of phenolic OH excluding ortho intramolecular Hbond substituents is 1. The Morgan fingerprint density at radius 2 is 1.89 bits per heavy atom. The molecule has 3 rings (SSSR count). The van der Waals surface area contributed by atoms with Gasteiger partial charge in [-0.05, 0) is 31.2 Å². The largest absolute Gasteiger partial charge is 0.507 e. The van der Waals surface area contributed by atoms with Gasteiger partial charge in [-0.2, -0.15) is 5.10 Å². The van der Waals surface area contributed by atoms with Crippen molar-refractivity contribution >= 4 is 28.3 Å². The number of nitrogens with zero attached hydrogens (tertiary/aromatic N) is 2. The number of benzene rings is 2. The predicted octanol–water partition coefficient (Wildman–Crippen LogP) is 2.56. The standard InChI is InChI=1S/C18H13N3O6/c1-10(16-14(22)8-6-11-7-9-15(23)27-17(11)16)19-20-18(24)12-4-2-3-5-13(12)21(25)26/h2-9,22H,1H3,(H,20,24)/b19-10+. The smallest absolute Gasteiger partial charge is 0.336 e. The van der Waals surface area contributed by atoms with Gasteiger partial charge in [0.1, 0.15) is 11.3 Å². The number of nitrogens with one attached hydrogen (secondary N) is 1. The second-order valence-electron chi connectivity index (χ2n) is 5.54. The van der Waals surface area contributed by atoms with Crippen LogP contribution in [-0.2, 0) is 0 Å². The van der Waals surface area contributed by atoms with Crippen molar-refractivity contribution in [2.24, 2.45) is 5.10 Å². The van der Waals surface area contributed by atoms with Gasteiger partial charge >= 0.3 is 5.63 Å². The minimum absolute atomic E-state index is 0.115. The van der Waals surface area contributed by atoms with Gasteiger partial charge in [0.2, 0.25) is 0 Å². The van der Waals surface area contributed by atoms with Gasteiger partial charge in [0.05, 0.1) is 16.2 Å². The summed E-state index contributed by atoms with van der Waals surface area (Å²) in [4.78, 5) is 34.1. The summed E-state index contributed by atoms with van der Waals surface area (Å²) >= 11 is 0. The SMILES string of the molecule is C/C(=N\NC(=O)c1ccccc1[N+](=O)[O-])c1c(O)ccc2ccc(=O)oc12. The maximum Gasteiger partial charge on any atom is 0.336 e. The van der Waals surface area contributed by atoms with Crippen molar-refractivity contribution < 1.29 is 19.2 Å². The van der Waals surface area contributed by atoms with E-state index in [1.165, 1.54) is 49.4 Å². The molecule has 9 nitrogen and oxygen atoms in total. The van der Waals surface area contributed by atoms with E-state index in [9.17, 15) is 24.8 Å². The Bertz CT molecular complexity index is 1150. The minimum Gasteiger partial charge on any atom is -0.507 e. The first-order valence-electron chi connectivity index (χ1n) is 7.72. The highest BCUT2D eigenvalue weighted by molar-refractivity contribution is 6.10. The molecular weight excluding hydrogens is 354 g/mol. The third-order valence-corrected chi connectivity index (χ3v) is 3.80. The van der Waals surface area contributed by atoms with Gasteiger partial charge in [0.25, 0.3) is 11.6 Å². The lowest BCUT2D eigenvalue weighted by Gasteiger charge is -2.08. The summed E-state index contributed by atoms with van der Waals surface area (Å²) in [5, 5.41) is 25.6. The fraction of sp³-hybridized carbons (Fsp3) is 0.0556. The van der Waals surface area contributed by atoms with E-state index in [4.69, 9.17) is 4.42 Å². The van der Waals surface area contributed by atoms with Crippen LogP contribution >= 0.6 is 0 Å². The Morgan fingerprint density at radius 1 is 1.19 bits per heavy atom. The molecule has 27 heavy (non-hydrogen) atoms. The van der Waals surface area contributed by atoms with Crippen molar-refractivity contribution in [1.82, 2.24) is 5.43 Å². The molecule has 0 aliphatic heterocycles. The van der Waals surface area contributed by atoms with E-state index in [0.717, 1.165) is 0 Å². The summed E-state index contributed by atoms with van der Waals surface area (Å²) in [6.07, 6.45) is 0. The van der Waals surface area contributed by atoms with E-state index in [2.05, 4.69) is 10.5 Å². The highest BCUT2D eigenvalue weighted by Gasteiger charge is 2.19. The van der Waals surface area contributed by atoms with Gasteiger partial charge in [-0.15, -0.1) is 0 Å². The van der Waals surface area contributed by atoms with E-state index in [0.29, 0.717) is 5.39 Å². The van der Waals surface area contributed by atoms with Crippen LogP contribution in [0.15, 0.2) is 62.8 Å². The molecule has 0 unspecified atom stereocenters. The number of nitro groups is 1. The van der Waals surface area contributed by atoms with Crippen molar-refractivity contribution in [3.8, 4) is 5.75 Å². The molecule has 0 aliphatic rings. The molecule has 0 spiro atoms. The van der Waals surface area contributed by atoms with Crippen LogP contribution in [0.5, 0.6) is 5.75 Å². The van der Waals surface area contributed by atoms with Crippen LogP contribution in [0.25, 0.3) is 11.0 Å². The summed E-state index contributed by atoms with van der Waals surface area (Å²) in [5.41, 5.74) is 1.49. The third-order valence-electron chi connectivity index (χ3n) is 3.80. The summed E-state index contributed by atoms with van der Waals surface area (Å²) in [6, 6.07) is 11.2. The Kier molecular flexibility index (Phi) is 4.67. The number of fused-ring (bicyclic) bond motifs is 1. The van der Waals surface area contributed by atoms with E-state index < -0.39 is 16.5 Å². The Morgan fingerprint density at radius 3 is 2.63 bits per heavy atom. The monoisotopic (exact) mass is 367 g/mol. The maximum absolute atomic E-state index is 12.2. The Balaban J connectivity index is 1.98. The van der Waals surface area contributed by atoms with Crippen molar-refractivity contribution in [2.45, 2.75) is 6.92 Å². The molecule has 0 fully saturated rings. The van der Waals surface area contributed by atoms with Gasteiger partial charge in [-0.3, -0.25) is 14.9 Å². The molecule has 1 amide bonds. The van der Waals surface area contributed by atoms with Crippen LogP contribution in [0.3, 0.4) is 0 Å². The average Bonchev–Trinajstić information content (AvgIpc) is 2.65. The van der Waals surface area contributed by atoms with Crippen LogP contribution in [0.4, 0.5) is 5.69 Å². The van der Waals surface area contributed by atoms with Crippen molar-refractivity contribution in [2.75, 3.05) is 0 Å². The van der Waals surface area contributed by atoms with Crippen molar-refractivity contribution in [3.05, 3.63) is 80.2 Å². The van der Waals surface area contributed by atoms with Crippen LogP contribution in [0.2, 0.25) is 0 Å². The molecule has 2 aromatic carbocycles. The number of nitro benzene ring substituents is 1. The molecule has 3 aromatic rings. The van der Waals surface area contributed by atoms with Gasteiger partial charge in [0.15, 0.2) is 5.58 Å². The van der Waals surface area contributed by atoms with E-state index in [-0.39, 0.29) is 33.9 Å². The number of carbonyl (C=O) groups excluding carboxylic acids is 1. The number of rotatable bonds is 4. The van der Waals surface area contributed by atoms with E-state index >= 15 is 0 Å². The molecular formula is C18H13N3O6. The molecule has 1 heterocycles. The number of aromatic hydroxyl groups is 1. The molecule has 2 N–H and O–H groups in total. The molecule has 0 saturated carbocycles. The van der Waals surface area contributed by atoms with Crippen LogP contribution < -0.4 is 11.1 Å². The summed E-state index contributed by atoms with van der Waals surface area (Å²) < 4.78 is 5.14. The Labute approximate surface area is 151 Å². The highest BCUT2D eigenvalue weighted by atomic mass is 16.6. The van der Waals surface area contributed by atoms with Crippen LogP contribution in [-0.4, -0.2) is 21.6 Å². The number of hydrogen-bond acceptors (Lipinski definition) is 7. The van der Waals surface area contributed by atoms with E-state index in [1.54, 1.807) is 6.07 Å². The zero-order chi connectivity index (χ0) is 19.6. The molecule has 0 aliphatic carbocycles. The highest BCUT2D eigenvalue weighted by Crippen LogP contribution is 2.27. The molecule has 9 heteroatoms. The number of amides is 1. The number of hydrogen-bond donors (Lipinski definition) is 2. The quantitative estimate of drug-likeness (QED) is 0.315. The number of para-hydroxylation sites is 1.